The summed E-state index contributed by atoms with van der Waals surface area (Å²) in [6.07, 6.45) is -5.13. The van der Waals surface area contributed by atoms with Crippen LogP contribution in [-0.4, -0.2) is 67.0 Å². The molecule has 1 aliphatic rings. The smallest absolute Gasteiger partial charge is 0.382 e. The molecule has 1 atom stereocenters. The van der Waals surface area contributed by atoms with Gasteiger partial charge < -0.3 is 20.7 Å². The summed E-state index contributed by atoms with van der Waals surface area (Å²) < 4.78 is 42.4. The molecule has 13 heteroatoms. The highest BCUT2D eigenvalue weighted by atomic mass is 32.1. The number of amidine groups is 1. The molecule has 0 aliphatic carbocycles. The molecule has 3 N–H and O–H groups in total. The minimum Gasteiger partial charge on any atom is -0.382 e. The SMILES string of the molecule is Cc1csc(C(=O)N2CCOCC2CNC(=O)c2ccc(C(N)=NC(=O)C(F)(F)F)s2)c1. The molecule has 1 fully saturated rings. The lowest BCUT2D eigenvalue weighted by molar-refractivity contribution is -0.169. The van der Waals surface area contributed by atoms with E-state index in [1.807, 2.05) is 12.3 Å². The normalized spacial score (nSPS) is 17.3. The van der Waals surface area contributed by atoms with Crippen molar-refractivity contribution in [3.63, 3.8) is 0 Å². The summed E-state index contributed by atoms with van der Waals surface area (Å²) in [5.74, 6) is -3.58. The van der Waals surface area contributed by atoms with Gasteiger partial charge in [-0.2, -0.15) is 18.2 Å². The second kappa shape index (κ2) is 9.79. The molecule has 0 saturated carbocycles. The molecular formula is C19H19F3N4O4S2. The van der Waals surface area contributed by atoms with Crippen molar-refractivity contribution >= 4 is 46.2 Å². The van der Waals surface area contributed by atoms with Gasteiger partial charge in [0.05, 0.1) is 33.9 Å². The first kappa shape index (κ1) is 23.9. The predicted octanol–water partition coefficient (Wildman–Crippen LogP) is 2.18. The Morgan fingerprint density at radius 1 is 1.28 bits per heavy atom. The van der Waals surface area contributed by atoms with E-state index in [9.17, 15) is 27.6 Å². The van der Waals surface area contributed by atoms with Crippen molar-refractivity contribution in [3.8, 4) is 0 Å². The molecule has 3 amide bonds. The van der Waals surface area contributed by atoms with E-state index in [-0.39, 0.29) is 34.9 Å². The van der Waals surface area contributed by atoms with Gasteiger partial charge in [-0.25, -0.2) is 0 Å². The van der Waals surface area contributed by atoms with Crippen LogP contribution in [0.25, 0.3) is 0 Å². The number of hydrogen-bond acceptors (Lipinski definition) is 6. The maximum atomic E-state index is 12.8. The average Bonchev–Trinajstić information content (AvgIpc) is 3.40. The van der Waals surface area contributed by atoms with Crippen molar-refractivity contribution in [2.45, 2.75) is 19.1 Å². The quantitative estimate of drug-likeness (QED) is 0.495. The van der Waals surface area contributed by atoms with Crippen LogP contribution >= 0.6 is 22.7 Å². The number of hydrogen-bond donors (Lipinski definition) is 2. The lowest BCUT2D eigenvalue weighted by Gasteiger charge is -2.35. The number of ether oxygens (including phenoxy) is 1. The third-order valence-corrected chi connectivity index (χ3v) is 6.62. The lowest BCUT2D eigenvalue weighted by atomic mass is 10.2. The van der Waals surface area contributed by atoms with Gasteiger partial charge in [0.25, 0.3) is 11.8 Å². The van der Waals surface area contributed by atoms with Crippen molar-refractivity contribution in [1.29, 1.82) is 0 Å². The van der Waals surface area contributed by atoms with E-state index in [2.05, 4.69) is 10.3 Å². The van der Waals surface area contributed by atoms with Gasteiger partial charge in [0.1, 0.15) is 5.84 Å². The number of carbonyl (C=O) groups is 3. The first-order valence-electron chi connectivity index (χ1n) is 9.34. The topological polar surface area (TPSA) is 114 Å². The number of nitrogens with zero attached hydrogens (tertiary/aromatic N) is 2. The molecule has 0 bridgehead atoms. The fourth-order valence-corrected chi connectivity index (χ4v) is 4.58. The predicted molar refractivity (Wildman–Crippen MR) is 113 cm³/mol. The number of nitrogens with one attached hydrogen (secondary N) is 1. The standard InChI is InChI=1S/C19H19F3N4O4S2/c1-10-6-14(31-9-10)17(28)26-4-5-30-8-11(26)7-24-16(27)13-3-2-12(32-13)15(23)25-18(29)19(20,21)22/h2-3,6,9,11H,4-5,7-8H2,1H3,(H,24,27)(H2,23,25,29). The first-order valence-corrected chi connectivity index (χ1v) is 11.0. The Morgan fingerprint density at radius 2 is 2.00 bits per heavy atom. The Kier molecular flexibility index (Phi) is 7.31. The fraction of sp³-hybridized carbons (Fsp3) is 0.368. The number of alkyl halides is 3. The van der Waals surface area contributed by atoms with Gasteiger partial charge in [0, 0.05) is 13.1 Å². The Balaban J connectivity index is 1.63. The average molecular weight is 489 g/mol. The van der Waals surface area contributed by atoms with Crippen LogP contribution in [0.4, 0.5) is 13.2 Å². The zero-order valence-electron chi connectivity index (χ0n) is 16.8. The van der Waals surface area contributed by atoms with E-state index in [1.165, 1.54) is 23.5 Å². The highest BCUT2D eigenvalue weighted by Crippen LogP contribution is 2.21. The molecule has 2 aromatic heterocycles. The van der Waals surface area contributed by atoms with E-state index < -0.39 is 23.8 Å². The van der Waals surface area contributed by atoms with Gasteiger partial charge in [-0.15, -0.1) is 22.7 Å². The van der Waals surface area contributed by atoms with Gasteiger partial charge in [0.15, 0.2) is 0 Å². The Morgan fingerprint density at radius 3 is 2.66 bits per heavy atom. The van der Waals surface area contributed by atoms with Crippen LogP contribution in [0.3, 0.4) is 0 Å². The molecule has 0 spiro atoms. The molecule has 3 heterocycles. The number of nitrogens with two attached hydrogens (primary N) is 1. The summed E-state index contributed by atoms with van der Waals surface area (Å²) in [6.45, 7) is 3.06. The van der Waals surface area contributed by atoms with Gasteiger partial charge in [-0.3, -0.25) is 14.4 Å². The zero-order valence-corrected chi connectivity index (χ0v) is 18.4. The first-order chi connectivity index (χ1) is 15.1. The molecule has 32 heavy (non-hydrogen) atoms. The number of halogens is 3. The summed E-state index contributed by atoms with van der Waals surface area (Å²) in [7, 11) is 0. The van der Waals surface area contributed by atoms with E-state index in [0.717, 1.165) is 16.9 Å². The van der Waals surface area contributed by atoms with Crippen LogP contribution in [0.15, 0.2) is 28.6 Å². The van der Waals surface area contributed by atoms with Crippen LogP contribution in [0.2, 0.25) is 0 Å². The van der Waals surface area contributed by atoms with Gasteiger partial charge in [-0.05, 0) is 36.1 Å². The van der Waals surface area contributed by atoms with Crippen molar-refractivity contribution in [1.82, 2.24) is 10.2 Å². The Hall–Kier alpha value is -2.77. The third kappa shape index (κ3) is 5.72. The summed E-state index contributed by atoms with van der Waals surface area (Å²) in [4.78, 5) is 41.5. The van der Waals surface area contributed by atoms with Crippen LogP contribution in [-0.2, 0) is 9.53 Å². The highest BCUT2D eigenvalue weighted by Gasteiger charge is 2.39. The van der Waals surface area contributed by atoms with E-state index in [1.54, 1.807) is 11.0 Å². The third-order valence-electron chi connectivity index (χ3n) is 4.47. The number of amides is 3. The van der Waals surface area contributed by atoms with E-state index in [0.29, 0.717) is 18.0 Å². The van der Waals surface area contributed by atoms with Gasteiger partial charge in [0.2, 0.25) is 0 Å². The Labute approximate surface area is 188 Å². The van der Waals surface area contributed by atoms with Crippen molar-refractivity contribution in [2.24, 2.45) is 10.7 Å². The number of aliphatic imine (C=N–C) groups is 1. The second-order valence-corrected chi connectivity index (χ2v) is 8.88. The van der Waals surface area contributed by atoms with Crippen LogP contribution in [0, 0.1) is 6.92 Å². The lowest BCUT2D eigenvalue weighted by Crippen LogP contribution is -2.53. The van der Waals surface area contributed by atoms with E-state index >= 15 is 0 Å². The molecule has 0 radical (unpaired) electrons. The number of morpholine rings is 1. The van der Waals surface area contributed by atoms with Crippen molar-refractivity contribution in [2.75, 3.05) is 26.3 Å². The molecule has 1 saturated heterocycles. The molecule has 1 unspecified atom stereocenters. The minimum absolute atomic E-state index is 0.0543. The summed E-state index contributed by atoms with van der Waals surface area (Å²) >= 11 is 2.15. The summed E-state index contributed by atoms with van der Waals surface area (Å²) in [5.41, 5.74) is 6.44. The number of carbonyl (C=O) groups excluding carboxylic acids is 3. The molecule has 3 rings (SSSR count). The van der Waals surface area contributed by atoms with Crippen molar-refractivity contribution < 1.29 is 32.3 Å². The summed E-state index contributed by atoms with van der Waals surface area (Å²) in [5, 5.41) is 4.59. The molecule has 1 aliphatic heterocycles. The maximum Gasteiger partial charge on any atom is 0.473 e. The largest absolute Gasteiger partial charge is 0.473 e. The second-order valence-electron chi connectivity index (χ2n) is 6.89. The van der Waals surface area contributed by atoms with Gasteiger partial charge in [-0.1, -0.05) is 0 Å². The van der Waals surface area contributed by atoms with Crippen LogP contribution < -0.4 is 11.1 Å². The van der Waals surface area contributed by atoms with E-state index in [4.69, 9.17) is 10.5 Å². The van der Waals surface area contributed by atoms with Crippen LogP contribution in [0.1, 0.15) is 29.8 Å². The Bertz CT molecular complexity index is 1050. The van der Waals surface area contributed by atoms with Gasteiger partial charge >= 0.3 is 12.1 Å². The highest BCUT2D eigenvalue weighted by molar-refractivity contribution is 7.16. The fourth-order valence-electron chi connectivity index (χ4n) is 2.90. The molecule has 172 valence electrons. The summed E-state index contributed by atoms with van der Waals surface area (Å²) in [6, 6.07) is 4.10. The molecular weight excluding hydrogens is 469 g/mol. The number of aryl methyl sites for hydroxylation is 1. The number of thiophene rings is 2. The maximum absolute atomic E-state index is 12.8. The molecule has 0 aromatic carbocycles. The zero-order chi connectivity index (χ0) is 23.5. The monoisotopic (exact) mass is 488 g/mol. The molecule has 8 nitrogen and oxygen atoms in total. The minimum atomic E-state index is -5.13. The number of rotatable bonds is 5. The van der Waals surface area contributed by atoms with Crippen molar-refractivity contribution in [3.05, 3.63) is 43.8 Å². The van der Waals surface area contributed by atoms with Crippen LogP contribution in [0.5, 0.6) is 0 Å². The molecule has 2 aromatic rings.